The molecule has 0 bridgehead atoms. The number of hydrogen-bond donors (Lipinski definition) is 3. The number of amides is 2. The normalized spacial score (nSPS) is 14.0. The first kappa shape index (κ1) is 24.3. The molecule has 4 N–H and O–H groups in total. The SMILES string of the molecule is NC(=O)ON1C(=O)c2ccccc2C12c1ccc(Nc3ccccc3)cc1Oc1cc(Nc3ccccc3)ccc12. The molecule has 0 aliphatic carbocycles. The molecule has 41 heavy (non-hydrogen) atoms. The van der Waals surface area contributed by atoms with Crippen molar-refractivity contribution in [3.8, 4) is 11.5 Å². The van der Waals surface area contributed by atoms with Crippen LogP contribution in [-0.2, 0) is 10.4 Å². The summed E-state index contributed by atoms with van der Waals surface area (Å²) in [5, 5.41) is 7.87. The van der Waals surface area contributed by atoms with Crippen molar-refractivity contribution >= 4 is 34.7 Å². The highest BCUT2D eigenvalue weighted by molar-refractivity contribution is 6.02. The minimum Gasteiger partial charge on any atom is -0.456 e. The Hall–Kier alpha value is -5.76. The summed E-state index contributed by atoms with van der Waals surface area (Å²) < 4.78 is 6.53. The Morgan fingerprint density at radius 3 is 1.71 bits per heavy atom. The van der Waals surface area contributed by atoms with Crippen molar-refractivity contribution in [2.75, 3.05) is 10.6 Å². The highest BCUT2D eigenvalue weighted by atomic mass is 16.7. The number of hydrogen-bond acceptors (Lipinski definition) is 6. The monoisotopic (exact) mass is 540 g/mol. The van der Waals surface area contributed by atoms with Crippen LogP contribution in [0.25, 0.3) is 0 Å². The second-order valence-electron chi connectivity index (χ2n) is 9.77. The highest BCUT2D eigenvalue weighted by Crippen LogP contribution is 2.58. The molecule has 0 saturated heterocycles. The molecule has 0 atom stereocenters. The number of nitrogens with one attached hydrogen (secondary N) is 2. The average molecular weight is 541 g/mol. The van der Waals surface area contributed by atoms with E-state index in [4.69, 9.17) is 15.3 Å². The molecule has 0 fully saturated rings. The Balaban J connectivity index is 1.44. The van der Waals surface area contributed by atoms with Gasteiger partial charge in [-0.1, -0.05) is 66.7 Å². The number of benzene rings is 5. The van der Waals surface area contributed by atoms with Gasteiger partial charge in [0.2, 0.25) is 0 Å². The van der Waals surface area contributed by atoms with Gasteiger partial charge in [-0.05, 0) is 42.5 Å². The lowest BCUT2D eigenvalue weighted by Crippen LogP contribution is -2.48. The maximum absolute atomic E-state index is 13.8. The van der Waals surface area contributed by atoms with Gasteiger partial charge in [0.05, 0.1) is 0 Å². The Bertz CT molecular complexity index is 1720. The molecule has 0 aromatic heterocycles. The van der Waals surface area contributed by atoms with Crippen molar-refractivity contribution < 1.29 is 19.2 Å². The summed E-state index contributed by atoms with van der Waals surface area (Å²) in [6, 6.07) is 38.1. The number of carbonyl (C=O) groups excluding carboxylic acids is 2. The van der Waals surface area contributed by atoms with Crippen LogP contribution in [0.2, 0.25) is 0 Å². The van der Waals surface area contributed by atoms with E-state index in [1.165, 1.54) is 0 Å². The number of fused-ring (bicyclic) bond motifs is 6. The third kappa shape index (κ3) is 3.92. The summed E-state index contributed by atoms with van der Waals surface area (Å²) in [5.74, 6) is 0.520. The summed E-state index contributed by atoms with van der Waals surface area (Å²) >= 11 is 0. The van der Waals surface area contributed by atoms with Crippen LogP contribution in [0.3, 0.4) is 0 Å². The Labute approximate surface area is 235 Å². The van der Waals surface area contributed by atoms with Crippen LogP contribution in [0.4, 0.5) is 27.5 Å². The van der Waals surface area contributed by atoms with Crippen LogP contribution in [-0.4, -0.2) is 17.1 Å². The van der Waals surface area contributed by atoms with Crippen molar-refractivity contribution in [1.82, 2.24) is 5.06 Å². The quantitative estimate of drug-likeness (QED) is 0.221. The molecule has 0 radical (unpaired) electrons. The van der Waals surface area contributed by atoms with Crippen LogP contribution < -0.4 is 21.1 Å². The lowest BCUT2D eigenvalue weighted by molar-refractivity contribution is -0.106. The van der Waals surface area contributed by atoms with Crippen LogP contribution in [0.15, 0.2) is 121 Å². The van der Waals surface area contributed by atoms with E-state index >= 15 is 0 Å². The molecular formula is C33H24N4O4. The van der Waals surface area contributed by atoms with Gasteiger partial charge in [0.1, 0.15) is 11.5 Å². The number of ether oxygens (including phenoxy) is 1. The number of anilines is 4. The molecule has 0 saturated carbocycles. The summed E-state index contributed by atoms with van der Waals surface area (Å²) in [4.78, 5) is 31.4. The zero-order chi connectivity index (χ0) is 28.0. The van der Waals surface area contributed by atoms with E-state index in [9.17, 15) is 9.59 Å². The molecule has 7 rings (SSSR count). The largest absolute Gasteiger partial charge is 0.456 e. The van der Waals surface area contributed by atoms with Gasteiger partial charge in [-0.25, -0.2) is 4.79 Å². The van der Waals surface area contributed by atoms with Gasteiger partial charge < -0.3 is 25.9 Å². The first-order chi connectivity index (χ1) is 20.0. The average Bonchev–Trinajstić information content (AvgIpc) is 3.22. The molecule has 8 nitrogen and oxygen atoms in total. The standard InChI is InChI=1S/C33H24N4O4/c34-32(39)41-37-31(38)25-13-7-8-14-26(25)33(37)27-17-15-23(35-21-9-3-1-4-10-21)19-29(27)40-30-20-24(16-18-28(30)33)36-22-11-5-2-6-12-22/h1-20,35-36H,(H2,34,39). The number of primary amides is 1. The fraction of sp³-hybridized carbons (Fsp3) is 0.0303. The molecule has 2 amide bonds. The Kier molecular flexibility index (Phi) is 5.60. The van der Waals surface area contributed by atoms with E-state index in [1.54, 1.807) is 12.1 Å². The topological polar surface area (TPSA) is 106 Å². The molecule has 2 heterocycles. The van der Waals surface area contributed by atoms with Gasteiger partial charge in [0.15, 0.2) is 5.54 Å². The van der Waals surface area contributed by atoms with Gasteiger partial charge in [-0.15, -0.1) is 5.06 Å². The maximum Gasteiger partial charge on any atom is 0.429 e. The van der Waals surface area contributed by atoms with Crippen LogP contribution in [0.5, 0.6) is 11.5 Å². The molecule has 8 heteroatoms. The molecule has 5 aromatic carbocycles. The number of para-hydroxylation sites is 2. The van der Waals surface area contributed by atoms with E-state index < -0.39 is 17.5 Å². The van der Waals surface area contributed by atoms with E-state index in [2.05, 4.69) is 10.6 Å². The highest BCUT2D eigenvalue weighted by Gasteiger charge is 2.58. The lowest BCUT2D eigenvalue weighted by atomic mass is 9.75. The van der Waals surface area contributed by atoms with Crippen molar-refractivity contribution in [3.05, 3.63) is 144 Å². The predicted molar refractivity (Wildman–Crippen MR) is 156 cm³/mol. The van der Waals surface area contributed by atoms with Crippen molar-refractivity contribution in [3.63, 3.8) is 0 Å². The van der Waals surface area contributed by atoms with Crippen LogP contribution >= 0.6 is 0 Å². The van der Waals surface area contributed by atoms with Gasteiger partial charge in [-0.3, -0.25) is 4.79 Å². The number of hydroxylamine groups is 2. The molecule has 0 unspecified atom stereocenters. The number of carbonyl (C=O) groups is 2. The molecular weight excluding hydrogens is 516 g/mol. The first-order valence-electron chi connectivity index (χ1n) is 13.1. The molecule has 2 aliphatic heterocycles. The molecule has 5 aromatic rings. The Morgan fingerprint density at radius 1 is 0.659 bits per heavy atom. The van der Waals surface area contributed by atoms with Gasteiger partial charge in [0.25, 0.3) is 5.91 Å². The van der Waals surface area contributed by atoms with Crippen LogP contribution in [0.1, 0.15) is 27.0 Å². The zero-order valence-corrected chi connectivity index (χ0v) is 21.7. The molecule has 1 spiro atoms. The minimum absolute atomic E-state index is 0.408. The lowest BCUT2D eigenvalue weighted by Gasteiger charge is -2.42. The van der Waals surface area contributed by atoms with Crippen LogP contribution in [0, 0.1) is 0 Å². The first-order valence-corrected chi connectivity index (χ1v) is 13.1. The maximum atomic E-state index is 13.8. The number of rotatable bonds is 5. The second kappa shape index (κ2) is 9.46. The second-order valence-corrected chi connectivity index (χ2v) is 9.77. The van der Waals surface area contributed by atoms with Gasteiger partial charge in [0, 0.05) is 57.1 Å². The number of nitrogens with zero attached hydrogens (tertiary/aromatic N) is 1. The number of nitrogens with two attached hydrogens (primary N) is 1. The van der Waals surface area contributed by atoms with E-state index in [-0.39, 0.29) is 0 Å². The van der Waals surface area contributed by atoms with Gasteiger partial charge in [-0.2, -0.15) is 0 Å². The zero-order valence-electron chi connectivity index (χ0n) is 21.7. The van der Waals surface area contributed by atoms with Crippen molar-refractivity contribution in [2.45, 2.75) is 5.54 Å². The summed E-state index contributed by atoms with van der Waals surface area (Å²) in [6.45, 7) is 0. The molecule has 2 aliphatic rings. The predicted octanol–water partition coefficient (Wildman–Crippen LogP) is 7.04. The fourth-order valence-corrected chi connectivity index (χ4v) is 5.67. The van der Waals surface area contributed by atoms with E-state index in [0.717, 1.165) is 27.8 Å². The smallest absolute Gasteiger partial charge is 0.429 e. The summed E-state index contributed by atoms with van der Waals surface area (Å²) in [7, 11) is 0. The molecule has 200 valence electrons. The minimum atomic E-state index is -1.33. The van der Waals surface area contributed by atoms with Crippen molar-refractivity contribution in [1.29, 1.82) is 0 Å². The summed E-state index contributed by atoms with van der Waals surface area (Å²) in [6.07, 6.45) is -1.09. The van der Waals surface area contributed by atoms with E-state index in [1.807, 2.05) is 109 Å². The van der Waals surface area contributed by atoms with E-state index in [0.29, 0.717) is 33.8 Å². The Morgan fingerprint density at radius 2 is 1.17 bits per heavy atom. The van der Waals surface area contributed by atoms with Crippen molar-refractivity contribution in [2.24, 2.45) is 5.73 Å². The van der Waals surface area contributed by atoms with Gasteiger partial charge >= 0.3 is 6.09 Å². The third-order valence-corrected chi connectivity index (χ3v) is 7.31. The third-order valence-electron chi connectivity index (χ3n) is 7.31. The fourth-order valence-electron chi connectivity index (χ4n) is 5.67. The summed E-state index contributed by atoms with van der Waals surface area (Å²) in [5.41, 5.74) is 9.90.